The summed E-state index contributed by atoms with van der Waals surface area (Å²) in [6.07, 6.45) is 4.51. The number of nitrogens with zero attached hydrogens (tertiary/aromatic N) is 3. The van der Waals surface area contributed by atoms with Crippen molar-refractivity contribution in [3.63, 3.8) is 0 Å². The number of carboxylic acid groups (broad SMARTS) is 1. The Hall–Kier alpha value is -1.88. The molecule has 0 fully saturated rings. The first-order valence-corrected chi connectivity index (χ1v) is 4.86. The molecule has 2 aromatic rings. The molecule has 5 nitrogen and oxygen atoms in total. The summed E-state index contributed by atoms with van der Waals surface area (Å²) in [5, 5.41) is 13.4. The van der Waals surface area contributed by atoms with Gasteiger partial charge in [0.2, 0.25) is 0 Å². The van der Waals surface area contributed by atoms with Gasteiger partial charge < -0.3 is 5.11 Å². The van der Waals surface area contributed by atoms with Gasteiger partial charge in [0.05, 0.1) is 17.4 Å². The van der Waals surface area contributed by atoms with Crippen LogP contribution in [0.15, 0.2) is 24.7 Å². The summed E-state index contributed by atoms with van der Waals surface area (Å²) in [5.41, 5.74) is 0.874. The van der Waals surface area contributed by atoms with Crippen LogP contribution in [0.2, 0.25) is 5.02 Å². The first-order chi connectivity index (χ1) is 7.58. The molecule has 0 radical (unpaired) electrons. The van der Waals surface area contributed by atoms with E-state index in [1.807, 2.05) is 0 Å². The minimum Gasteiger partial charge on any atom is -0.478 e. The lowest BCUT2D eigenvalue weighted by atomic mass is 10.2. The van der Waals surface area contributed by atoms with Crippen molar-refractivity contribution in [1.82, 2.24) is 14.8 Å². The third-order valence-electron chi connectivity index (χ3n) is 2.00. The normalized spacial score (nSPS) is 10.4. The number of rotatable bonds is 2. The number of carbonyl (C=O) groups is 1. The zero-order chi connectivity index (χ0) is 11.7. The molecule has 6 heteroatoms. The molecule has 0 aliphatic rings. The third kappa shape index (κ3) is 1.90. The van der Waals surface area contributed by atoms with Gasteiger partial charge in [0.1, 0.15) is 5.56 Å². The Kier molecular flexibility index (Phi) is 2.62. The molecule has 2 heterocycles. The molecule has 0 saturated carbocycles. The number of aromatic nitrogens is 3. The van der Waals surface area contributed by atoms with Crippen LogP contribution in [-0.2, 0) is 0 Å². The Bertz CT molecular complexity index is 551. The Morgan fingerprint density at radius 1 is 1.50 bits per heavy atom. The van der Waals surface area contributed by atoms with Crippen LogP contribution in [0.5, 0.6) is 0 Å². The van der Waals surface area contributed by atoms with Gasteiger partial charge in [-0.1, -0.05) is 11.6 Å². The number of aromatic carboxylic acids is 1. The monoisotopic (exact) mass is 237 g/mol. The van der Waals surface area contributed by atoms with Crippen molar-refractivity contribution in [3.05, 3.63) is 40.8 Å². The maximum atomic E-state index is 11.0. The minimum atomic E-state index is -1.04. The summed E-state index contributed by atoms with van der Waals surface area (Å²) < 4.78 is 1.34. The maximum absolute atomic E-state index is 11.0. The quantitative estimate of drug-likeness (QED) is 0.867. The molecule has 0 unspecified atom stereocenters. The molecule has 2 rings (SSSR count). The van der Waals surface area contributed by atoms with Gasteiger partial charge in [-0.05, 0) is 18.6 Å². The Labute approximate surface area is 96.3 Å². The van der Waals surface area contributed by atoms with Crippen LogP contribution in [0.4, 0.5) is 0 Å². The van der Waals surface area contributed by atoms with Crippen LogP contribution < -0.4 is 0 Å². The third-order valence-corrected chi connectivity index (χ3v) is 2.20. The van der Waals surface area contributed by atoms with E-state index in [1.165, 1.54) is 17.1 Å². The van der Waals surface area contributed by atoms with Crippen molar-refractivity contribution in [2.24, 2.45) is 0 Å². The first kappa shape index (κ1) is 10.6. The topological polar surface area (TPSA) is 68.0 Å². The molecular formula is C10H8ClN3O2. The molecule has 0 aliphatic heterocycles. The van der Waals surface area contributed by atoms with Crippen molar-refractivity contribution in [1.29, 1.82) is 0 Å². The van der Waals surface area contributed by atoms with E-state index < -0.39 is 5.97 Å². The van der Waals surface area contributed by atoms with Gasteiger partial charge in [0.25, 0.3) is 0 Å². The highest BCUT2D eigenvalue weighted by atomic mass is 35.5. The highest BCUT2D eigenvalue weighted by molar-refractivity contribution is 6.30. The van der Waals surface area contributed by atoms with Gasteiger partial charge in [0, 0.05) is 6.20 Å². The average Bonchev–Trinajstić information content (AvgIpc) is 2.64. The predicted molar refractivity (Wildman–Crippen MR) is 58.1 cm³/mol. The predicted octanol–water partition coefficient (Wildman–Crippen LogP) is 1.93. The summed E-state index contributed by atoms with van der Waals surface area (Å²) in [6, 6.07) is 1.54. The number of hydrogen-bond acceptors (Lipinski definition) is 3. The van der Waals surface area contributed by atoms with E-state index in [2.05, 4.69) is 10.1 Å². The molecular weight excluding hydrogens is 230 g/mol. The van der Waals surface area contributed by atoms with Gasteiger partial charge in [-0.15, -0.1) is 0 Å². The Morgan fingerprint density at radius 3 is 2.81 bits per heavy atom. The van der Waals surface area contributed by atoms with Crippen molar-refractivity contribution in [2.75, 3.05) is 0 Å². The fraction of sp³-hybridized carbons (Fsp3) is 0.100. The lowest BCUT2D eigenvalue weighted by Gasteiger charge is -2.05. The summed E-state index contributed by atoms with van der Waals surface area (Å²) in [7, 11) is 0. The first-order valence-electron chi connectivity index (χ1n) is 4.48. The molecule has 0 spiro atoms. The minimum absolute atomic E-state index is 0.0970. The molecule has 16 heavy (non-hydrogen) atoms. The lowest BCUT2D eigenvalue weighted by molar-refractivity contribution is 0.0696. The summed E-state index contributed by atoms with van der Waals surface area (Å²) in [6.45, 7) is 1.78. The standard InChI is InChI=1S/C10H8ClN3O2/c1-6-2-8(10(15)16)9(12-3-6)14-5-7(11)4-13-14/h2-5H,1H3,(H,15,16). The van der Waals surface area contributed by atoms with Crippen LogP contribution in [0.25, 0.3) is 5.82 Å². The SMILES string of the molecule is Cc1cnc(-n2cc(Cl)cn2)c(C(=O)O)c1. The smallest absolute Gasteiger partial charge is 0.339 e. The Balaban J connectivity index is 2.60. The number of halogens is 1. The van der Waals surface area contributed by atoms with E-state index in [9.17, 15) is 4.79 Å². The zero-order valence-corrected chi connectivity index (χ0v) is 9.14. The largest absolute Gasteiger partial charge is 0.478 e. The summed E-state index contributed by atoms with van der Waals surface area (Å²) in [4.78, 5) is 15.1. The van der Waals surface area contributed by atoms with Crippen LogP contribution >= 0.6 is 11.6 Å². The fourth-order valence-electron chi connectivity index (χ4n) is 1.32. The molecule has 1 N–H and O–H groups in total. The van der Waals surface area contributed by atoms with Crippen LogP contribution in [0.1, 0.15) is 15.9 Å². The van der Waals surface area contributed by atoms with Gasteiger partial charge in [-0.3, -0.25) is 0 Å². The number of aryl methyl sites for hydroxylation is 1. The van der Waals surface area contributed by atoms with Crippen LogP contribution in [0, 0.1) is 6.92 Å². The molecule has 0 aliphatic carbocycles. The number of hydrogen-bond donors (Lipinski definition) is 1. The second kappa shape index (κ2) is 3.94. The van der Waals surface area contributed by atoms with E-state index in [1.54, 1.807) is 19.2 Å². The van der Waals surface area contributed by atoms with Gasteiger partial charge in [-0.2, -0.15) is 5.10 Å². The summed E-state index contributed by atoms with van der Waals surface area (Å²) >= 11 is 5.71. The van der Waals surface area contributed by atoms with Crippen molar-refractivity contribution in [2.45, 2.75) is 6.92 Å². The maximum Gasteiger partial charge on any atom is 0.339 e. The molecule has 82 valence electrons. The van der Waals surface area contributed by atoms with Crippen LogP contribution in [0.3, 0.4) is 0 Å². The van der Waals surface area contributed by atoms with Crippen molar-refractivity contribution >= 4 is 17.6 Å². The highest BCUT2D eigenvalue weighted by Gasteiger charge is 2.14. The molecule has 0 bridgehead atoms. The number of pyridine rings is 1. The van der Waals surface area contributed by atoms with Gasteiger partial charge in [-0.25, -0.2) is 14.5 Å². The van der Waals surface area contributed by atoms with E-state index in [-0.39, 0.29) is 11.4 Å². The van der Waals surface area contributed by atoms with Gasteiger partial charge >= 0.3 is 5.97 Å². The Morgan fingerprint density at radius 2 is 2.25 bits per heavy atom. The van der Waals surface area contributed by atoms with Crippen LogP contribution in [-0.4, -0.2) is 25.8 Å². The van der Waals surface area contributed by atoms with E-state index >= 15 is 0 Å². The molecule has 2 aromatic heterocycles. The second-order valence-electron chi connectivity index (χ2n) is 3.29. The second-order valence-corrected chi connectivity index (χ2v) is 3.73. The summed E-state index contributed by atoms with van der Waals surface area (Å²) in [5.74, 6) is -0.789. The fourth-order valence-corrected chi connectivity index (χ4v) is 1.45. The van der Waals surface area contributed by atoms with Crippen molar-refractivity contribution < 1.29 is 9.90 Å². The molecule has 0 saturated heterocycles. The average molecular weight is 238 g/mol. The highest BCUT2D eigenvalue weighted by Crippen LogP contribution is 2.15. The number of carboxylic acids is 1. The lowest BCUT2D eigenvalue weighted by Crippen LogP contribution is -2.08. The van der Waals surface area contributed by atoms with E-state index in [0.717, 1.165) is 5.56 Å². The van der Waals surface area contributed by atoms with E-state index in [0.29, 0.717) is 5.02 Å². The molecule has 0 aromatic carbocycles. The zero-order valence-electron chi connectivity index (χ0n) is 8.38. The molecule has 0 amide bonds. The van der Waals surface area contributed by atoms with Crippen molar-refractivity contribution in [3.8, 4) is 5.82 Å². The van der Waals surface area contributed by atoms with Gasteiger partial charge in [0.15, 0.2) is 5.82 Å². The molecule has 0 atom stereocenters. The van der Waals surface area contributed by atoms with E-state index in [4.69, 9.17) is 16.7 Å².